The van der Waals surface area contributed by atoms with Gasteiger partial charge >= 0.3 is 0 Å². The van der Waals surface area contributed by atoms with E-state index in [0.717, 1.165) is 0 Å². The molecule has 0 aliphatic heterocycles. The third-order valence-electron chi connectivity index (χ3n) is 0.636. The Balaban J connectivity index is 3.46. The highest BCUT2D eigenvalue weighted by Gasteiger charge is 2.01. The summed E-state index contributed by atoms with van der Waals surface area (Å²) in [5, 5.41) is 16.6. The van der Waals surface area contributed by atoms with Gasteiger partial charge in [0.05, 0.1) is 21.0 Å². The van der Waals surface area contributed by atoms with Gasteiger partial charge in [0.1, 0.15) is 6.10 Å². The maximum absolute atomic E-state index is 9.71. The maximum Gasteiger partial charge on any atom is 0.101 e. The second kappa shape index (κ2) is 4.02. The molecule has 0 heterocycles. The molecule has 6 nitrogen and oxygen atoms in total. The Morgan fingerprint density at radius 1 is 1.60 bits per heavy atom. The van der Waals surface area contributed by atoms with Crippen LogP contribution in [-0.4, -0.2) is 29.5 Å². The first kappa shape index (κ1) is 10.0. The van der Waals surface area contributed by atoms with E-state index < -0.39 is 27.1 Å². The van der Waals surface area contributed by atoms with Crippen molar-refractivity contribution in [1.82, 2.24) is 0 Å². The molecule has 0 saturated heterocycles. The van der Waals surface area contributed by atoms with E-state index in [4.69, 9.17) is 10.2 Å². The Morgan fingerprint density at radius 3 is 2.40 bits per heavy atom. The van der Waals surface area contributed by atoms with Gasteiger partial charge in [0.2, 0.25) is 0 Å². The average molecular weight is 172 g/mol. The zero-order valence-corrected chi connectivity index (χ0v) is 5.86. The Labute approximate surface area is 57.3 Å². The lowest BCUT2D eigenvalue weighted by Crippen LogP contribution is -2.24. The monoisotopic (exact) mass is 172 g/mol. The highest BCUT2D eigenvalue weighted by molar-refractivity contribution is 7.43. The summed E-state index contributed by atoms with van der Waals surface area (Å²) < 4.78 is 13.3. The zero-order chi connectivity index (χ0) is 8.20. The van der Waals surface area contributed by atoms with Crippen LogP contribution in [-0.2, 0) is 9.09 Å². The molecule has 62 valence electrons. The molecular formula is C3H7O6P-2. The molecule has 0 fully saturated rings. The van der Waals surface area contributed by atoms with Crippen LogP contribution in [0, 0.1) is 0 Å². The summed E-state index contributed by atoms with van der Waals surface area (Å²) in [7, 11) is -5.00. The largest absolute Gasteiger partial charge is 0.790 e. The number of aliphatic hydroxyl groups is 2. The third-order valence-corrected chi connectivity index (χ3v) is 1.10. The molecule has 0 radical (unpaired) electrons. The van der Waals surface area contributed by atoms with Gasteiger partial charge in [0.15, 0.2) is 0 Å². The number of hydrogen-bond acceptors (Lipinski definition) is 6. The van der Waals surface area contributed by atoms with Crippen molar-refractivity contribution in [2.24, 2.45) is 0 Å². The van der Waals surface area contributed by atoms with Crippen molar-refractivity contribution in [3.05, 3.63) is 0 Å². The fraction of sp³-hybridized carbons (Fsp3) is 1.00. The van der Waals surface area contributed by atoms with E-state index in [-0.39, 0.29) is 0 Å². The lowest BCUT2D eigenvalue weighted by Gasteiger charge is -2.29. The van der Waals surface area contributed by atoms with E-state index >= 15 is 0 Å². The molecule has 0 spiro atoms. The average Bonchev–Trinajstić information content (AvgIpc) is 1.81. The van der Waals surface area contributed by atoms with Gasteiger partial charge in [-0.25, -0.2) is 0 Å². The quantitative estimate of drug-likeness (QED) is 0.349. The van der Waals surface area contributed by atoms with Crippen LogP contribution in [0.2, 0.25) is 0 Å². The SMILES string of the molecule is O=P([O-])([O-])O[13CH2][13C@H](O)CO. The van der Waals surface area contributed by atoms with Crippen molar-refractivity contribution < 1.29 is 29.1 Å². The normalized spacial score (nSPS) is 15.2. The molecule has 0 amide bonds. The predicted octanol–water partition coefficient (Wildman–Crippen LogP) is -2.82. The first-order valence-corrected chi connectivity index (χ1v) is 3.87. The summed E-state index contributed by atoms with van der Waals surface area (Å²) in [4.78, 5) is 19.4. The van der Waals surface area contributed by atoms with Crippen LogP contribution in [0.4, 0.5) is 0 Å². The molecule has 0 unspecified atom stereocenters. The number of aliphatic hydroxyl groups excluding tert-OH is 2. The Bertz CT molecular complexity index is 129. The smallest absolute Gasteiger partial charge is 0.101 e. The Morgan fingerprint density at radius 2 is 2.10 bits per heavy atom. The summed E-state index contributed by atoms with van der Waals surface area (Å²) in [6.07, 6.45) is -1.32. The number of phosphoric acid groups is 1. The van der Waals surface area contributed by atoms with Crippen molar-refractivity contribution in [3.8, 4) is 0 Å². The van der Waals surface area contributed by atoms with Gasteiger partial charge in [-0.15, -0.1) is 0 Å². The summed E-state index contributed by atoms with van der Waals surface area (Å²) in [6.45, 7) is -1.33. The summed E-state index contributed by atoms with van der Waals surface area (Å²) in [5.74, 6) is 0. The van der Waals surface area contributed by atoms with Crippen molar-refractivity contribution >= 4 is 7.82 Å². The minimum absolute atomic E-state index is 0.639. The molecular weight excluding hydrogens is 165 g/mol. The van der Waals surface area contributed by atoms with Crippen LogP contribution >= 0.6 is 7.82 Å². The van der Waals surface area contributed by atoms with E-state index in [2.05, 4.69) is 4.52 Å². The maximum atomic E-state index is 9.71. The van der Waals surface area contributed by atoms with Crippen LogP contribution in [0.25, 0.3) is 0 Å². The highest BCUT2D eigenvalue weighted by atomic mass is 31.2. The van der Waals surface area contributed by atoms with Crippen LogP contribution in [0.1, 0.15) is 0 Å². The molecule has 0 aromatic rings. The summed E-state index contributed by atoms with van der Waals surface area (Å²) in [5.41, 5.74) is 0. The molecule has 0 aromatic carbocycles. The molecule has 0 aliphatic carbocycles. The molecule has 7 heteroatoms. The fourth-order valence-corrected chi connectivity index (χ4v) is 0.585. The zero-order valence-electron chi connectivity index (χ0n) is 4.97. The lowest BCUT2D eigenvalue weighted by molar-refractivity contribution is -0.342. The van der Waals surface area contributed by atoms with E-state index in [0.29, 0.717) is 0 Å². The lowest BCUT2D eigenvalue weighted by atomic mass is 11.0. The number of hydrogen-bond donors (Lipinski definition) is 2. The molecule has 0 rings (SSSR count). The van der Waals surface area contributed by atoms with Crippen LogP contribution < -0.4 is 9.79 Å². The van der Waals surface area contributed by atoms with Crippen molar-refractivity contribution in [2.45, 2.75) is 6.10 Å². The second-order valence-corrected chi connectivity index (χ2v) is 2.73. The van der Waals surface area contributed by atoms with Gasteiger partial charge in [-0.3, -0.25) is 0 Å². The van der Waals surface area contributed by atoms with Gasteiger partial charge in [0, 0.05) is 0 Å². The standard InChI is InChI=1S/C3H9O6P/c4-1-3(5)2-9-10(6,7)8/h3-5H,1-2H2,(H2,6,7,8)/p-2/t3-/m1/s1/i2+1,3+1. The second-order valence-electron chi connectivity index (χ2n) is 1.58. The number of rotatable bonds is 4. The van der Waals surface area contributed by atoms with Crippen molar-refractivity contribution in [2.75, 3.05) is 13.2 Å². The molecule has 2 N–H and O–H groups in total. The van der Waals surface area contributed by atoms with Gasteiger partial charge in [-0.1, -0.05) is 0 Å². The summed E-state index contributed by atoms with van der Waals surface area (Å²) >= 11 is 0. The van der Waals surface area contributed by atoms with Crippen molar-refractivity contribution in [3.63, 3.8) is 0 Å². The molecule has 10 heavy (non-hydrogen) atoms. The first-order valence-electron chi connectivity index (χ1n) is 2.41. The van der Waals surface area contributed by atoms with Crippen LogP contribution in [0.15, 0.2) is 0 Å². The highest BCUT2D eigenvalue weighted by Crippen LogP contribution is 2.24. The van der Waals surface area contributed by atoms with Gasteiger partial charge < -0.3 is 29.1 Å². The molecule has 1 atom stereocenters. The van der Waals surface area contributed by atoms with E-state index in [1.807, 2.05) is 0 Å². The molecule has 0 aromatic heterocycles. The molecule has 0 bridgehead atoms. The van der Waals surface area contributed by atoms with Crippen LogP contribution in [0.5, 0.6) is 0 Å². The number of phosphoric ester groups is 1. The minimum atomic E-state index is -5.00. The minimum Gasteiger partial charge on any atom is -0.790 e. The summed E-state index contributed by atoms with van der Waals surface area (Å²) in [6, 6.07) is 0. The first-order chi connectivity index (χ1) is 4.45. The van der Waals surface area contributed by atoms with Gasteiger partial charge in [-0.05, 0) is 0 Å². The molecule has 0 aliphatic rings. The Kier molecular flexibility index (Phi) is 4.04. The topological polar surface area (TPSA) is 113 Å². The van der Waals surface area contributed by atoms with Crippen molar-refractivity contribution in [1.29, 1.82) is 0 Å². The predicted molar refractivity (Wildman–Crippen MR) is 26.7 cm³/mol. The van der Waals surface area contributed by atoms with E-state index in [9.17, 15) is 14.4 Å². The fourth-order valence-electron chi connectivity index (χ4n) is 0.230. The van der Waals surface area contributed by atoms with Gasteiger partial charge in [-0.2, -0.15) is 0 Å². The van der Waals surface area contributed by atoms with Gasteiger partial charge in [0.25, 0.3) is 0 Å². The van der Waals surface area contributed by atoms with E-state index in [1.54, 1.807) is 0 Å². The van der Waals surface area contributed by atoms with Crippen LogP contribution in [0.3, 0.4) is 0 Å². The third kappa shape index (κ3) is 6.15. The molecule has 0 saturated carbocycles. The van der Waals surface area contributed by atoms with E-state index in [1.165, 1.54) is 0 Å². The Hall–Kier alpha value is 0.0300.